The molecule has 0 aliphatic rings. The van der Waals surface area contributed by atoms with Gasteiger partial charge in [0.05, 0.1) is 16.2 Å². The summed E-state index contributed by atoms with van der Waals surface area (Å²) in [6.45, 7) is -5.09. The Hall–Kier alpha value is -1.40. The quantitative estimate of drug-likeness (QED) is 0.794. The van der Waals surface area contributed by atoms with Gasteiger partial charge in [-0.15, -0.1) is 0 Å². The van der Waals surface area contributed by atoms with E-state index in [1.165, 1.54) is 6.20 Å². The van der Waals surface area contributed by atoms with Crippen LogP contribution < -0.4 is 10.2 Å². The second-order valence-electron chi connectivity index (χ2n) is 4.03. The molecule has 1 heterocycles. The van der Waals surface area contributed by atoms with E-state index in [0.29, 0.717) is 15.6 Å². The first-order valence-corrected chi connectivity index (χ1v) is 6.34. The highest BCUT2D eigenvalue weighted by atomic mass is 35.5. The number of hydrogen-bond donors (Lipinski definition) is 0. The summed E-state index contributed by atoms with van der Waals surface area (Å²) in [5.74, 6) is 0.0257. The second-order valence-corrected chi connectivity index (χ2v) is 4.82. The molecule has 0 spiro atoms. The highest BCUT2D eigenvalue weighted by Crippen LogP contribution is 2.26. The predicted octanol–water partition coefficient (Wildman–Crippen LogP) is 4.02. The van der Waals surface area contributed by atoms with Crippen molar-refractivity contribution in [1.82, 2.24) is 4.98 Å². The van der Waals surface area contributed by atoms with Crippen LogP contribution in [0.5, 0.6) is 5.75 Å². The Bertz CT molecular complexity index is 622. The minimum absolute atomic E-state index is 0.00931. The highest BCUT2D eigenvalue weighted by molar-refractivity contribution is 6.73. The zero-order valence-electron chi connectivity index (χ0n) is 9.99. The van der Waals surface area contributed by atoms with Crippen LogP contribution in [0.3, 0.4) is 0 Å². The van der Waals surface area contributed by atoms with Crippen molar-refractivity contribution in [2.24, 2.45) is 0 Å². The van der Waals surface area contributed by atoms with Crippen LogP contribution in [-0.2, 0) is 6.61 Å². The lowest BCUT2D eigenvalue weighted by atomic mass is 9.81. The molecule has 1 aromatic heterocycles. The number of nitrogens with zero attached hydrogens (tertiary/aromatic N) is 1. The Morgan fingerprint density at radius 1 is 1.15 bits per heavy atom. The molecule has 0 amide bonds. The van der Waals surface area contributed by atoms with Gasteiger partial charge in [-0.2, -0.15) is 0 Å². The van der Waals surface area contributed by atoms with Gasteiger partial charge in [0.25, 0.3) is 0 Å². The van der Waals surface area contributed by atoms with Crippen molar-refractivity contribution in [2.45, 2.75) is 6.61 Å². The lowest BCUT2D eigenvalue weighted by Gasteiger charge is -2.15. The van der Waals surface area contributed by atoms with E-state index >= 15 is 0 Å². The van der Waals surface area contributed by atoms with E-state index in [-0.39, 0.29) is 12.4 Å². The Labute approximate surface area is 123 Å². The lowest BCUT2D eigenvalue weighted by molar-refractivity contribution is 0.305. The van der Waals surface area contributed by atoms with Gasteiger partial charge >= 0.3 is 6.98 Å². The van der Waals surface area contributed by atoms with Crippen LogP contribution in [-0.4, -0.2) is 12.0 Å². The molecule has 8 heteroatoms. The van der Waals surface area contributed by atoms with Gasteiger partial charge in [-0.3, -0.25) is 4.98 Å². The van der Waals surface area contributed by atoms with Crippen molar-refractivity contribution in [3.8, 4) is 5.75 Å². The molecule has 0 aliphatic carbocycles. The molecule has 0 atom stereocenters. The van der Waals surface area contributed by atoms with Crippen LogP contribution in [0.2, 0.25) is 10.0 Å². The Balaban J connectivity index is 2.13. The van der Waals surface area contributed by atoms with Crippen LogP contribution in [0.1, 0.15) is 5.56 Å². The summed E-state index contributed by atoms with van der Waals surface area (Å²) in [4.78, 5) is 3.51. The molecule has 0 radical (unpaired) electrons. The molecular weight excluding hydrogens is 313 g/mol. The molecule has 0 fully saturated rings. The molecule has 2 nitrogen and oxygen atoms in total. The minimum atomic E-state index is -5.10. The van der Waals surface area contributed by atoms with E-state index in [1.54, 1.807) is 18.2 Å². The van der Waals surface area contributed by atoms with Gasteiger partial charge in [0, 0.05) is 11.8 Å². The summed E-state index contributed by atoms with van der Waals surface area (Å²) < 4.78 is 43.0. The summed E-state index contributed by atoms with van der Waals surface area (Å²) in [6, 6.07) is 5.88. The first-order chi connectivity index (χ1) is 9.38. The largest absolute Gasteiger partial charge is 0.511 e. The van der Waals surface area contributed by atoms with Crippen molar-refractivity contribution in [3.05, 3.63) is 52.3 Å². The normalized spacial score (nSPS) is 11.4. The molecule has 1 aromatic carbocycles. The molecular formula is C12H8BCl2F3NO-. The third kappa shape index (κ3) is 3.58. The van der Waals surface area contributed by atoms with Crippen molar-refractivity contribution < 1.29 is 17.7 Å². The maximum absolute atomic E-state index is 12.6. The zero-order valence-corrected chi connectivity index (χ0v) is 11.5. The van der Waals surface area contributed by atoms with Crippen molar-refractivity contribution in [1.29, 1.82) is 0 Å². The first-order valence-electron chi connectivity index (χ1n) is 5.58. The van der Waals surface area contributed by atoms with Crippen LogP contribution in [0, 0.1) is 0 Å². The Kier molecular flexibility index (Phi) is 4.45. The third-order valence-electron chi connectivity index (χ3n) is 2.54. The molecule has 2 rings (SSSR count). The maximum Gasteiger partial charge on any atom is 0.511 e. The topological polar surface area (TPSA) is 22.1 Å². The number of ether oxygens (including phenoxy) is 1. The van der Waals surface area contributed by atoms with Crippen LogP contribution in [0.15, 0.2) is 36.7 Å². The number of benzene rings is 1. The number of halogens is 5. The van der Waals surface area contributed by atoms with E-state index in [2.05, 4.69) is 4.98 Å². The average Bonchev–Trinajstić information content (AvgIpc) is 2.40. The summed E-state index contributed by atoms with van der Waals surface area (Å²) in [5.41, 5.74) is -0.221. The van der Waals surface area contributed by atoms with Crippen molar-refractivity contribution in [2.75, 3.05) is 0 Å². The molecule has 0 saturated heterocycles. The zero-order chi connectivity index (χ0) is 14.8. The van der Waals surface area contributed by atoms with Crippen LogP contribution in [0.25, 0.3) is 0 Å². The van der Waals surface area contributed by atoms with Crippen LogP contribution in [0.4, 0.5) is 12.9 Å². The molecule has 20 heavy (non-hydrogen) atoms. The predicted molar refractivity (Wildman–Crippen MR) is 73.7 cm³/mol. The number of aromatic nitrogens is 1. The molecule has 0 N–H and O–H groups in total. The fraction of sp³-hybridized carbons (Fsp3) is 0.0833. The third-order valence-corrected chi connectivity index (χ3v) is 3.40. The monoisotopic (exact) mass is 320 g/mol. The van der Waals surface area contributed by atoms with Crippen LogP contribution >= 0.6 is 23.2 Å². The minimum Gasteiger partial charge on any atom is -0.487 e. The molecule has 0 saturated carbocycles. The van der Waals surface area contributed by atoms with Gasteiger partial charge in [-0.1, -0.05) is 40.8 Å². The maximum atomic E-state index is 12.6. The SMILES string of the molecule is F[B-](F)(F)c1cncc(OCc2cccc(Cl)c2Cl)c1. The van der Waals surface area contributed by atoms with Crippen molar-refractivity contribution >= 4 is 35.6 Å². The molecule has 0 aliphatic heterocycles. The second kappa shape index (κ2) is 5.93. The van der Waals surface area contributed by atoms with Gasteiger partial charge in [0.2, 0.25) is 0 Å². The summed E-state index contributed by atoms with van der Waals surface area (Å²) in [7, 11) is 0. The summed E-state index contributed by atoms with van der Waals surface area (Å²) >= 11 is 11.8. The Morgan fingerprint density at radius 2 is 1.90 bits per heavy atom. The number of pyridine rings is 1. The standard InChI is InChI=1S/C12H8BCl2F3NO/c14-11-3-1-2-8(12(11)15)7-20-10-4-9(5-19-6-10)13(16,17)18/h1-6H,7H2/q-1. The molecule has 2 aromatic rings. The lowest BCUT2D eigenvalue weighted by Crippen LogP contribution is -2.34. The van der Waals surface area contributed by atoms with Gasteiger partial charge in [-0.05, 0) is 12.1 Å². The Morgan fingerprint density at radius 3 is 2.60 bits per heavy atom. The van der Waals surface area contributed by atoms with E-state index in [1.807, 2.05) is 0 Å². The van der Waals surface area contributed by atoms with E-state index < -0.39 is 12.4 Å². The van der Waals surface area contributed by atoms with Gasteiger partial charge in [-0.25, -0.2) is 0 Å². The summed E-state index contributed by atoms with van der Waals surface area (Å²) in [6.07, 6.45) is 1.98. The van der Waals surface area contributed by atoms with Crippen molar-refractivity contribution in [3.63, 3.8) is 0 Å². The molecule has 0 unspecified atom stereocenters. The molecule has 106 valence electrons. The molecule has 0 bridgehead atoms. The van der Waals surface area contributed by atoms with E-state index in [9.17, 15) is 12.9 Å². The van der Waals surface area contributed by atoms with Gasteiger partial charge < -0.3 is 17.7 Å². The van der Waals surface area contributed by atoms with E-state index in [4.69, 9.17) is 27.9 Å². The van der Waals surface area contributed by atoms with Gasteiger partial charge in [0.1, 0.15) is 12.4 Å². The fourth-order valence-corrected chi connectivity index (χ4v) is 1.89. The average molecular weight is 321 g/mol. The number of rotatable bonds is 4. The summed E-state index contributed by atoms with van der Waals surface area (Å²) in [5, 5.41) is 0.677. The van der Waals surface area contributed by atoms with Gasteiger partial charge in [0.15, 0.2) is 0 Å². The first kappa shape index (κ1) is 15.0. The fourth-order valence-electron chi connectivity index (χ4n) is 1.51. The smallest absolute Gasteiger partial charge is 0.487 e. The highest BCUT2D eigenvalue weighted by Gasteiger charge is 2.26. The number of hydrogen-bond acceptors (Lipinski definition) is 2. The van der Waals surface area contributed by atoms with E-state index in [0.717, 1.165) is 12.3 Å².